The minimum atomic E-state index is -0.894. The number of rotatable bonds is 8. The van der Waals surface area contributed by atoms with Gasteiger partial charge in [0.1, 0.15) is 5.75 Å². The van der Waals surface area contributed by atoms with Crippen molar-refractivity contribution in [3.63, 3.8) is 0 Å². The Morgan fingerprint density at radius 1 is 1.12 bits per heavy atom. The number of hydrogen-bond acceptors (Lipinski definition) is 3. The standard InChI is InChI=1S/C20H27N3O2S/c1-21-20(23(2)15-17-9-11-19(25-3)12-10-17)22-13-14-26(24)16-18-7-5-4-6-8-18/h4-12H,13-16H2,1-3H3,(H,21,22). The highest BCUT2D eigenvalue weighted by atomic mass is 32.2. The lowest BCUT2D eigenvalue weighted by Crippen LogP contribution is -2.40. The van der Waals surface area contributed by atoms with Gasteiger partial charge in [-0.05, 0) is 23.3 Å². The van der Waals surface area contributed by atoms with Crippen molar-refractivity contribution >= 4 is 16.8 Å². The van der Waals surface area contributed by atoms with Crippen LogP contribution >= 0.6 is 0 Å². The fraction of sp³-hybridized carbons (Fsp3) is 0.350. The Balaban J connectivity index is 1.78. The zero-order chi connectivity index (χ0) is 18.8. The van der Waals surface area contributed by atoms with E-state index >= 15 is 0 Å². The van der Waals surface area contributed by atoms with Gasteiger partial charge in [0.2, 0.25) is 0 Å². The second-order valence-electron chi connectivity index (χ2n) is 5.95. The highest BCUT2D eigenvalue weighted by Crippen LogP contribution is 2.12. The van der Waals surface area contributed by atoms with Crippen molar-refractivity contribution < 1.29 is 8.95 Å². The molecule has 0 aliphatic rings. The van der Waals surface area contributed by atoms with Crippen molar-refractivity contribution in [1.82, 2.24) is 10.2 Å². The molecule has 0 saturated heterocycles. The Labute approximate surface area is 158 Å². The van der Waals surface area contributed by atoms with Crippen LogP contribution in [0.1, 0.15) is 11.1 Å². The second-order valence-corrected chi connectivity index (χ2v) is 7.53. The molecule has 0 saturated carbocycles. The van der Waals surface area contributed by atoms with Crippen LogP contribution in [0.5, 0.6) is 5.75 Å². The summed E-state index contributed by atoms with van der Waals surface area (Å²) in [5.74, 6) is 2.81. The number of methoxy groups -OCH3 is 1. The minimum Gasteiger partial charge on any atom is -0.497 e. The van der Waals surface area contributed by atoms with Gasteiger partial charge in [-0.1, -0.05) is 42.5 Å². The van der Waals surface area contributed by atoms with Gasteiger partial charge in [0.15, 0.2) is 5.96 Å². The van der Waals surface area contributed by atoms with Gasteiger partial charge in [0.05, 0.1) is 7.11 Å². The van der Waals surface area contributed by atoms with Gasteiger partial charge in [-0.25, -0.2) is 0 Å². The van der Waals surface area contributed by atoms with E-state index in [0.717, 1.165) is 23.8 Å². The molecular formula is C20H27N3O2S. The molecular weight excluding hydrogens is 346 g/mol. The first-order chi connectivity index (χ1) is 12.6. The van der Waals surface area contributed by atoms with E-state index in [2.05, 4.69) is 10.3 Å². The van der Waals surface area contributed by atoms with Crippen LogP contribution in [0.2, 0.25) is 0 Å². The summed E-state index contributed by atoms with van der Waals surface area (Å²) >= 11 is 0. The minimum absolute atomic E-state index is 0.586. The molecule has 0 aromatic heterocycles. The molecule has 140 valence electrons. The van der Waals surface area contributed by atoms with Crippen molar-refractivity contribution in [3.8, 4) is 5.75 Å². The molecule has 1 N–H and O–H groups in total. The quantitative estimate of drug-likeness (QED) is 0.571. The number of ether oxygens (including phenoxy) is 1. The largest absolute Gasteiger partial charge is 0.497 e. The zero-order valence-electron chi connectivity index (χ0n) is 15.6. The molecule has 5 nitrogen and oxygen atoms in total. The number of benzene rings is 2. The monoisotopic (exact) mass is 373 g/mol. The third-order valence-corrected chi connectivity index (χ3v) is 5.25. The molecule has 1 atom stereocenters. The van der Waals surface area contributed by atoms with Crippen molar-refractivity contribution in [3.05, 3.63) is 65.7 Å². The predicted molar refractivity (Wildman–Crippen MR) is 109 cm³/mol. The van der Waals surface area contributed by atoms with Crippen LogP contribution in [0.25, 0.3) is 0 Å². The maximum absolute atomic E-state index is 12.2. The maximum Gasteiger partial charge on any atom is 0.193 e. The number of hydrogen-bond donors (Lipinski definition) is 1. The summed E-state index contributed by atoms with van der Waals surface area (Å²) < 4.78 is 17.4. The summed E-state index contributed by atoms with van der Waals surface area (Å²) in [6, 6.07) is 17.9. The molecule has 6 heteroatoms. The fourth-order valence-corrected chi connectivity index (χ4v) is 3.61. The van der Waals surface area contributed by atoms with E-state index in [0.29, 0.717) is 18.1 Å². The maximum atomic E-state index is 12.2. The van der Waals surface area contributed by atoms with Crippen LogP contribution < -0.4 is 10.1 Å². The third kappa shape index (κ3) is 6.52. The van der Waals surface area contributed by atoms with Gasteiger partial charge in [-0.15, -0.1) is 0 Å². The Hall–Kier alpha value is -2.34. The highest BCUT2D eigenvalue weighted by Gasteiger charge is 2.08. The molecule has 0 radical (unpaired) electrons. The number of nitrogens with one attached hydrogen (secondary N) is 1. The van der Waals surface area contributed by atoms with Gasteiger partial charge in [-0.2, -0.15) is 0 Å². The second kappa shape index (κ2) is 10.6. The molecule has 1 unspecified atom stereocenters. The van der Waals surface area contributed by atoms with E-state index in [1.54, 1.807) is 14.2 Å². The molecule has 0 aliphatic heterocycles. The third-order valence-electron chi connectivity index (χ3n) is 3.94. The lowest BCUT2D eigenvalue weighted by Gasteiger charge is -2.22. The number of nitrogens with zero attached hydrogens (tertiary/aromatic N) is 2. The van der Waals surface area contributed by atoms with Gasteiger partial charge < -0.3 is 15.0 Å². The summed E-state index contributed by atoms with van der Waals surface area (Å²) in [4.78, 5) is 6.35. The zero-order valence-corrected chi connectivity index (χ0v) is 16.5. The lowest BCUT2D eigenvalue weighted by atomic mass is 10.2. The van der Waals surface area contributed by atoms with E-state index in [-0.39, 0.29) is 0 Å². The summed E-state index contributed by atoms with van der Waals surface area (Å²) in [5, 5.41) is 3.29. The normalized spacial score (nSPS) is 12.5. The van der Waals surface area contributed by atoms with Gasteiger partial charge >= 0.3 is 0 Å². The van der Waals surface area contributed by atoms with Gasteiger partial charge in [0.25, 0.3) is 0 Å². The molecule has 0 spiro atoms. The molecule has 0 bridgehead atoms. The van der Waals surface area contributed by atoms with Gasteiger partial charge in [0, 0.05) is 49.5 Å². The summed E-state index contributed by atoms with van der Waals surface area (Å²) in [6.45, 7) is 1.36. The van der Waals surface area contributed by atoms with E-state index in [1.165, 1.54) is 5.56 Å². The Bertz CT molecular complexity index is 718. The first-order valence-corrected chi connectivity index (χ1v) is 10.0. The average molecular weight is 374 g/mol. The average Bonchev–Trinajstić information content (AvgIpc) is 2.66. The van der Waals surface area contributed by atoms with E-state index in [1.807, 2.05) is 66.5 Å². The molecule has 0 fully saturated rings. The Morgan fingerprint density at radius 2 is 1.81 bits per heavy atom. The van der Waals surface area contributed by atoms with Crippen molar-refractivity contribution in [1.29, 1.82) is 0 Å². The Kier molecular flexibility index (Phi) is 8.15. The highest BCUT2D eigenvalue weighted by molar-refractivity contribution is 7.84. The molecule has 26 heavy (non-hydrogen) atoms. The lowest BCUT2D eigenvalue weighted by molar-refractivity contribution is 0.414. The van der Waals surface area contributed by atoms with Crippen LogP contribution in [-0.2, 0) is 23.1 Å². The van der Waals surface area contributed by atoms with E-state index in [9.17, 15) is 4.21 Å². The molecule has 0 heterocycles. The van der Waals surface area contributed by atoms with E-state index < -0.39 is 10.8 Å². The smallest absolute Gasteiger partial charge is 0.193 e. The predicted octanol–water partition coefficient (Wildman–Crippen LogP) is 2.65. The van der Waals surface area contributed by atoms with Crippen LogP contribution in [-0.4, -0.2) is 48.6 Å². The number of aliphatic imine (C=N–C) groups is 1. The SMILES string of the molecule is CN=C(NCCS(=O)Cc1ccccc1)N(C)Cc1ccc(OC)cc1. The van der Waals surface area contributed by atoms with Crippen LogP contribution in [0.3, 0.4) is 0 Å². The molecule has 2 rings (SSSR count). The number of guanidine groups is 1. The van der Waals surface area contributed by atoms with Gasteiger partial charge in [-0.3, -0.25) is 9.20 Å². The molecule has 2 aromatic rings. The van der Waals surface area contributed by atoms with E-state index in [4.69, 9.17) is 4.74 Å². The fourth-order valence-electron chi connectivity index (χ4n) is 2.57. The van der Waals surface area contributed by atoms with Crippen molar-refractivity contribution in [2.75, 3.05) is 33.5 Å². The molecule has 0 aliphatic carbocycles. The van der Waals surface area contributed by atoms with Crippen molar-refractivity contribution in [2.24, 2.45) is 4.99 Å². The summed E-state index contributed by atoms with van der Waals surface area (Å²) in [7, 11) is 4.51. The summed E-state index contributed by atoms with van der Waals surface area (Å²) in [6.07, 6.45) is 0. The Morgan fingerprint density at radius 3 is 2.42 bits per heavy atom. The van der Waals surface area contributed by atoms with Crippen LogP contribution in [0.15, 0.2) is 59.6 Å². The first kappa shape index (κ1) is 20.0. The first-order valence-electron chi connectivity index (χ1n) is 8.56. The topological polar surface area (TPSA) is 53.9 Å². The molecule has 0 amide bonds. The van der Waals surface area contributed by atoms with Crippen molar-refractivity contribution in [2.45, 2.75) is 12.3 Å². The van der Waals surface area contributed by atoms with Crippen LogP contribution in [0.4, 0.5) is 0 Å². The van der Waals surface area contributed by atoms with Crippen LogP contribution in [0, 0.1) is 0 Å². The summed E-state index contributed by atoms with van der Waals surface area (Å²) in [5.41, 5.74) is 2.27. The molecule has 2 aromatic carbocycles.